The molecule has 2 fully saturated rings. The van der Waals surface area contributed by atoms with Crippen LogP contribution in [-0.2, 0) is 14.3 Å². The summed E-state index contributed by atoms with van der Waals surface area (Å²) in [5.41, 5.74) is -0.682. The first kappa shape index (κ1) is 18.3. The molecule has 130 valence electrons. The largest absolute Gasteiger partial charge is 0.380 e. The van der Waals surface area contributed by atoms with Crippen molar-refractivity contribution in [3.63, 3.8) is 0 Å². The summed E-state index contributed by atoms with van der Waals surface area (Å²) in [5, 5.41) is 11.3. The van der Waals surface area contributed by atoms with Crippen molar-refractivity contribution in [2.45, 2.75) is 38.8 Å². The number of aliphatic hydroxyl groups is 1. The molecule has 3 rings (SSSR count). The third-order valence-corrected chi connectivity index (χ3v) is 8.48. The molecule has 6 heteroatoms. The Labute approximate surface area is 158 Å². The molecule has 0 spiro atoms. The summed E-state index contributed by atoms with van der Waals surface area (Å²) in [7, 11) is 2.99. The lowest BCUT2D eigenvalue weighted by molar-refractivity contribution is -0.225. The number of Topliss-reactive ketones (excluding diaryl/α,β-unsaturated/α-hetero) is 1. The van der Waals surface area contributed by atoms with Gasteiger partial charge in [-0.05, 0) is 12.0 Å². The standard InChI is InChI=1S/C18H20Br2O4/c1-4-10-15(22)14(21)17(20)13(12-8-6-5-7-9-12)11-16(15,19)18(17,23-2)24-3/h4-9,13,22H,1,10-11H2,2-3H3/t13-,15-,16-,17+/m0/s1. The smallest absolute Gasteiger partial charge is 0.210 e. The van der Waals surface area contributed by atoms with E-state index in [1.54, 1.807) is 6.08 Å². The van der Waals surface area contributed by atoms with Crippen molar-refractivity contribution < 1.29 is 19.4 Å². The molecular formula is C18H20Br2O4. The lowest BCUT2D eigenvalue weighted by Gasteiger charge is -2.42. The van der Waals surface area contributed by atoms with E-state index in [2.05, 4.69) is 38.4 Å². The van der Waals surface area contributed by atoms with Crippen molar-refractivity contribution in [3.8, 4) is 0 Å². The van der Waals surface area contributed by atoms with Crippen molar-refractivity contribution in [2.75, 3.05) is 14.2 Å². The van der Waals surface area contributed by atoms with Gasteiger partial charge in [-0.15, -0.1) is 6.58 Å². The number of alkyl halides is 2. The molecule has 2 saturated carbocycles. The molecule has 0 radical (unpaired) electrons. The Hall–Kier alpha value is -0.530. The van der Waals surface area contributed by atoms with Crippen LogP contribution < -0.4 is 0 Å². The zero-order valence-electron chi connectivity index (χ0n) is 13.6. The van der Waals surface area contributed by atoms with E-state index in [1.165, 1.54) is 14.2 Å². The van der Waals surface area contributed by atoms with Crippen LogP contribution in [0.15, 0.2) is 43.0 Å². The van der Waals surface area contributed by atoms with Gasteiger partial charge in [0.25, 0.3) is 0 Å². The van der Waals surface area contributed by atoms with Crippen LogP contribution >= 0.6 is 31.9 Å². The molecule has 2 bridgehead atoms. The van der Waals surface area contributed by atoms with Gasteiger partial charge in [0, 0.05) is 26.6 Å². The second-order valence-electron chi connectivity index (χ2n) is 6.39. The highest BCUT2D eigenvalue weighted by Crippen LogP contribution is 2.73. The molecule has 0 heterocycles. The van der Waals surface area contributed by atoms with Crippen LogP contribution in [0.3, 0.4) is 0 Å². The number of hydrogen-bond acceptors (Lipinski definition) is 4. The Balaban J connectivity index is 2.26. The monoisotopic (exact) mass is 458 g/mol. The maximum absolute atomic E-state index is 13.4. The predicted octanol–water partition coefficient (Wildman–Crippen LogP) is 3.32. The van der Waals surface area contributed by atoms with Gasteiger partial charge < -0.3 is 14.6 Å². The van der Waals surface area contributed by atoms with Gasteiger partial charge in [-0.1, -0.05) is 68.3 Å². The summed E-state index contributed by atoms with van der Waals surface area (Å²) < 4.78 is 9.23. The third-order valence-electron chi connectivity index (χ3n) is 5.54. The molecule has 1 aromatic rings. The van der Waals surface area contributed by atoms with E-state index in [1.807, 2.05) is 30.3 Å². The molecule has 4 atom stereocenters. The maximum Gasteiger partial charge on any atom is 0.210 e. The van der Waals surface area contributed by atoms with Crippen molar-refractivity contribution in [1.29, 1.82) is 0 Å². The van der Waals surface area contributed by atoms with E-state index in [4.69, 9.17) is 9.47 Å². The van der Waals surface area contributed by atoms with Gasteiger partial charge in [-0.2, -0.15) is 0 Å². The normalized spacial score (nSPS) is 40.0. The van der Waals surface area contributed by atoms with Gasteiger partial charge in [0.05, 0.1) is 0 Å². The Morgan fingerprint density at radius 3 is 2.38 bits per heavy atom. The minimum atomic E-state index is -1.67. The van der Waals surface area contributed by atoms with E-state index < -0.39 is 20.0 Å². The third kappa shape index (κ3) is 1.76. The number of ether oxygens (including phenoxy) is 2. The maximum atomic E-state index is 13.4. The SMILES string of the molecule is C=CC[C@]1(O)C(=O)[C@]2(Br)[C@H](c3ccccc3)C[C@@]1(Br)C2(OC)OC. The first-order valence-electron chi connectivity index (χ1n) is 7.70. The van der Waals surface area contributed by atoms with Crippen LogP contribution in [0.1, 0.15) is 24.3 Å². The van der Waals surface area contributed by atoms with Crippen LogP contribution in [0.5, 0.6) is 0 Å². The fourth-order valence-electron chi connectivity index (χ4n) is 4.50. The predicted molar refractivity (Wildman–Crippen MR) is 98.6 cm³/mol. The van der Waals surface area contributed by atoms with Gasteiger partial charge in [0.2, 0.25) is 5.79 Å². The molecule has 0 amide bonds. The summed E-state index contributed by atoms with van der Waals surface area (Å²) in [4.78, 5) is 13.4. The first-order valence-corrected chi connectivity index (χ1v) is 9.29. The van der Waals surface area contributed by atoms with Gasteiger partial charge in [-0.3, -0.25) is 4.79 Å². The molecule has 0 aromatic heterocycles. The van der Waals surface area contributed by atoms with Gasteiger partial charge in [0.15, 0.2) is 5.78 Å². The Bertz CT molecular complexity index is 675. The molecule has 0 saturated heterocycles. The Morgan fingerprint density at radius 2 is 1.88 bits per heavy atom. The quantitative estimate of drug-likeness (QED) is 0.417. The van der Waals surface area contributed by atoms with Gasteiger partial charge in [-0.25, -0.2) is 0 Å². The lowest BCUT2D eigenvalue weighted by atomic mass is 9.73. The fourth-order valence-corrected chi connectivity index (χ4v) is 7.49. The van der Waals surface area contributed by atoms with E-state index >= 15 is 0 Å². The minimum Gasteiger partial charge on any atom is -0.380 e. The van der Waals surface area contributed by atoms with E-state index in [0.29, 0.717) is 6.42 Å². The van der Waals surface area contributed by atoms with Crippen LogP contribution in [0.4, 0.5) is 0 Å². The summed E-state index contributed by atoms with van der Waals surface area (Å²) in [6.45, 7) is 3.69. The number of carbonyl (C=O) groups is 1. The molecule has 0 unspecified atom stereocenters. The molecular weight excluding hydrogens is 440 g/mol. The lowest BCUT2D eigenvalue weighted by Crippen LogP contribution is -2.59. The van der Waals surface area contributed by atoms with Crippen LogP contribution in [0, 0.1) is 0 Å². The van der Waals surface area contributed by atoms with Gasteiger partial charge >= 0.3 is 0 Å². The number of carbonyl (C=O) groups excluding carboxylic acids is 1. The molecule has 2 aliphatic carbocycles. The molecule has 2 aliphatic rings. The van der Waals surface area contributed by atoms with Crippen molar-refractivity contribution in [1.82, 2.24) is 0 Å². The van der Waals surface area contributed by atoms with Crippen molar-refractivity contribution in [2.24, 2.45) is 0 Å². The number of ketones is 1. The Morgan fingerprint density at radius 1 is 1.29 bits per heavy atom. The molecule has 24 heavy (non-hydrogen) atoms. The van der Waals surface area contributed by atoms with Crippen molar-refractivity contribution >= 4 is 37.6 Å². The highest BCUT2D eigenvalue weighted by atomic mass is 79.9. The molecule has 0 aliphatic heterocycles. The average molecular weight is 460 g/mol. The second-order valence-corrected chi connectivity index (χ2v) is 8.99. The molecule has 4 nitrogen and oxygen atoms in total. The van der Waals surface area contributed by atoms with E-state index in [-0.39, 0.29) is 18.1 Å². The number of rotatable bonds is 5. The summed E-state index contributed by atoms with van der Waals surface area (Å²) in [6.07, 6.45) is 2.13. The van der Waals surface area contributed by atoms with E-state index in [0.717, 1.165) is 5.56 Å². The highest BCUT2D eigenvalue weighted by molar-refractivity contribution is 9.11. The zero-order valence-corrected chi connectivity index (χ0v) is 16.8. The van der Waals surface area contributed by atoms with Crippen molar-refractivity contribution in [3.05, 3.63) is 48.6 Å². The molecule has 1 N–H and O–H groups in total. The Kier molecular flexibility index (Phi) is 4.37. The second kappa shape index (κ2) is 5.74. The number of benzene rings is 1. The summed E-state index contributed by atoms with van der Waals surface area (Å²) in [5.74, 6) is -1.92. The van der Waals surface area contributed by atoms with Crippen LogP contribution in [0.2, 0.25) is 0 Å². The minimum absolute atomic E-state index is 0.112. The van der Waals surface area contributed by atoms with Crippen LogP contribution in [-0.4, -0.2) is 45.1 Å². The number of methoxy groups -OCH3 is 2. The van der Waals surface area contributed by atoms with E-state index in [9.17, 15) is 9.90 Å². The average Bonchev–Trinajstić information content (AvgIpc) is 2.86. The summed E-state index contributed by atoms with van der Waals surface area (Å²) in [6, 6.07) is 9.74. The van der Waals surface area contributed by atoms with Crippen LogP contribution in [0.25, 0.3) is 0 Å². The zero-order chi connectivity index (χ0) is 17.8. The highest BCUT2D eigenvalue weighted by Gasteiger charge is 2.89. The number of halogens is 2. The number of fused-ring (bicyclic) bond motifs is 2. The van der Waals surface area contributed by atoms with Gasteiger partial charge in [0.1, 0.15) is 14.2 Å². The first-order chi connectivity index (χ1) is 11.3. The fraction of sp³-hybridized carbons (Fsp3) is 0.500. The topological polar surface area (TPSA) is 55.8 Å². The molecule has 1 aromatic carbocycles. The number of hydrogen-bond donors (Lipinski definition) is 1. The summed E-state index contributed by atoms with van der Waals surface area (Å²) >= 11 is 7.32.